The Labute approximate surface area is 193 Å². The van der Waals surface area contributed by atoms with Crippen LogP contribution in [-0.2, 0) is 15.8 Å². The highest BCUT2D eigenvalue weighted by Gasteiger charge is 2.32. The second kappa shape index (κ2) is 11.0. The van der Waals surface area contributed by atoms with Gasteiger partial charge < -0.3 is 10.4 Å². The van der Waals surface area contributed by atoms with Crippen molar-refractivity contribution >= 4 is 18.1 Å². The van der Waals surface area contributed by atoms with Gasteiger partial charge in [-0.1, -0.05) is 30.7 Å². The number of carboxylic acid groups (broad SMARTS) is 1. The highest BCUT2D eigenvalue weighted by molar-refractivity contribution is 5.92. The second-order valence-corrected chi connectivity index (χ2v) is 7.94. The number of carbonyl (C=O) groups excluding carboxylic acids is 1. The number of halogens is 4. The number of carbonyl (C=O) groups is 2. The molecule has 2 atom stereocenters. The van der Waals surface area contributed by atoms with Crippen LogP contribution >= 0.6 is 0 Å². The lowest BCUT2D eigenvalue weighted by Gasteiger charge is -2.29. The zero-order valence-electron chi connectivity index (χ0n) is 18.0. The van der Waals surface area contributed by atoms with Crippen LogP contribution in [-0.4, -0.2) is 27.7 Å². The third-order valence-electron chi connectivity index (χ3n) is 5.79. The molecule has 0 saturated heterocycles. The van der Waals surface area contributed by atoms with Crippen molar-refractivity contribution in [3.05, 3.63) is 71.7 Å². The maximum absolute atomic E-state index is 14.1. The van der Waals surface area contributed by atoms with E-state index in [1.807, 2.05) is 30.3 Å². The lowest BCUT2D eigenvalue weighted by molar-refractivity contribution is -0.137. The number of hydrogen-bond donors (Lipinski definition) is 3. The molecule has 2 aromatic carbocycles. The van der Waals surface area contributed by atoms with E-state index in [9.17, 15) is 22.4 Å². The van der Waals surface area contributed by atoms with Crippen LogP contribution in [0.15, 0.2) is 54.7 Å². The molecule has 0 spiro atoms. The third-order valence-corrected chi connectivity index (χ3v) is 5.79. The molecule has 180 valence electrons. The molecule has 1 aliphatic rings. The summed E-state index contributed by atoms with van der Waals surface area (Å²) in [4.78, 5) is 21.0. The van der Waals surface area contributed by atoms with Gasteiger partial charge in [0.15, 0.2) is 0 Å². The highest BCUT2D eigenvalue weighted by atomic mass is 19.4. The minimum atomic E-state index is -4.63. The molecule has 4 rings (SSSR count). The molecule has 1 heterocycles. The summed E-state index contributed by atoms with van der Waals surface area (Å²) in [6.07, 6.45) is 0.122. The first kappa shape index (κ1) is 24.9. The zero-order valence-corrected chi connectivity index (χ0v) is 18.0. The van der Waals surface area contributed by atoms with Gasteiger partial charge in [-0.3, -0.25) is 14.7 Å². The summed E-state index contributed by atoms with van der Waals surface area (Å²) < 4.78 is 52.2. The Kier molecular flexibility index (Phi) is 8.04. The topological polar surface area (TPSA) is 95.1 Å². The fourth-order valence-electron chi connectivity index (χ4n) is 4.11. The first-order chi connectivity index (χ1) is 16.2. The summed E-state index contributed by atoms with van der Waals surface area (Å²) in [5, 5.41) is 16.2. The standard InChI is InChI=1S/C23H21F4N3O.CH2O2/c24-19-13-18(23(25,26)27)8-9-21(19)29-22(31)17-3-1-2-16(12-17)14-4-6-15(7-5-14)20-10-11-28-30-20;2-1-3/h4-11,13,16-17H,1-3,12H2,(H,28,30)(H,29,31);1H,(H,2,3). The van der Waals surface area contributed by atoms with Crippen molar-refractivity contribution in [2.24, 2.45) is 5.92 Å². The average molecular weight is 477 g/mol. The van der Waals surface area contributed by atoms with Gasteiger partial charge in [0.1, 0.15) is 5.82 Å². The fraction of sp³-hybridized carbons (Fsp3) is 0.292. The van der Waals surface area contributed by atoms with Crippen molar-refractivity contribution in [2.45, 2.75) is 37.8 Å². The molecule has 1 amide bonds. The first-order valence-corrected chi connectivity index (χ1v) is 10.6. The lowest BCUT2D eigenvalue weighted by Crippen LogP contribution is -2.28. The lowest BCUT2D eigenvalue weighted by atomic mass is 9.77. The van der Waals surface area contributed by atoms with Gasteiger partial charge in [0.25, 0.3) is 6.47 Å². The maximum atomic E-state index is 14.1. The van der Waals surface area contributed by atoms with Crippen molar-refractivity contribution < 1.29 is 32.3 Å². The first-order valence-electron chi connectivity index (χ1n) is 10.6. The zero-order chi connectivity index (χ0) is 24.7. The highest BCUT2D eigenvalue weighted by Crippen LogP contribution is 2.38. The van der Waals surface area contributed by atoms with Crippen LogP contribution in [0.5, 0.6) is 0 Å². The van der Waals surface area contributed by atoms with E-state index in [0.717, 1.165) is 41.8 Å². The summed E-state index contributed by atoms with van der Waals surface area (Å²) in [6, 6.07) is 12.1. The second-order valence-electron chi connectivity index (χ2n) is 7.94. The Morgan fingerprint density at radius 2 is 1.82 bits per heavy atom. The van der Waals surface area contributed by atoms with Crippen molar-refractivity contribution in [3.63, 3.8) is 0 Å². The number of amides is 1. The van der Waals surface area contributed by atoms with Gasteiger partial charge in [0.05, 0.1) is 16.9 Å². The van der Waals surface area contributed by atoms with Crippen molar-refractivity contribution in [1.82, 2.24) is 10.2 Å². The molecule has 0 radical (unpaired) electrons. The van der Waals surface area contributed by atoms with Gasteiger partial charge in [0.2, 0.25) is 5.91 Å². The number of hydrogen-bond acceptors (Lipinski definition) is 3. The minimum absolute atomic E-state index is 0.192. The number of nitrogens with one attached hydrogen (secondary N) is 2. The molecule has 1 saturated carbocycles. The number of rotatable bonds is 4. The Balaban J connectivity index is 0.00000103. The molecule has 6 nitrogen and oxygen atoms in total. The van der Waals surface area contributed by atoms with Gasteiger partial charge >= 0.3 is 6.18 Å². The van der Waals surface area contributed by atoms with Gasteiger partial charge in [-0.2, -0.15) is 18.3 Å². The smallest absolute Gasteiger partial charge is 0.416 e. The van der Waals surface area contributed by atoms with Crippen LogP contribution in [0.1, 0.15) is 42.7 Å². The van der Waals surface area contributed by atoms with E-state index in [4.69, 9.17) is 9.90 Å². The maximum Gasteiger partial charge on any atom is 0.416 e. The Bertz CT molecular complexity index is 1100. The Hall–Kier alpha value is -3.69. The third kappa shape index (κ3) is 6.21. The molecular weight excluding hydrogens is 454 g/mol. The quantitative estimate of drug-likeness (QED) is 0.325. The van der Waals surface area contributed by atoms with Crippen LogP contribution in [0.25, 0.3) is 11.3 Å². The van der Waals surface area contributed by atoms with Gasteiger partial charge in [-0.05, 0) is 60.6 Å². The molecule has 0 aliphatic heterocycles. The van der Waals surface area contributed by atoms with Crippen LogP contribution in [0.3, 0.4) is 0 Å². The normalized spacial score (nSPS) is 17.9. The number of aromatic nitrogens is 2. The number of alkyl halides is 3. The predicted octanol–water partition coefficient (Wildman–Crippen LogP) is 5.85. The fourth-order valence-corrected chi connectivity index (χ4v) is 4.11. The largest absolute Gasteiger partial charge is 0.483 e. The minimum Gasteiger partial charge on any atom is -0.483 e. The van der Waals surface area contributed by atoms with E-state index < -0.39 is 17.6 Å². The molecule has 3 N–H and O–H groups in total. The number of benzene rings is 2. The molecule has 10 heteroatoms. The van der Waals surface area contributed by atoms with Crippen molar-refractivity contribution in [1.29, 1.82) is 0 Å². The van der Waals surface area contributed by atoms with Crippen LogP contribution in [0, 0.1) is 11.7 Å². The summed E-state index contributed by atoms with van der Waals surface area (Å²) >= 11 is 0. The summed E-state index contributed by atoms with van der Waals surface area (Å²) in [5.41, 5.74) is 1.75. The predicted molar refractivity (Wildman–Crippen MR) is 117 cm³/mol. The van der Waals surface area contributed by atoms with E-state index in [1.54, 1.807) is 6.20 Å². The summed E-state index contributed by atoms with van der Waals surface area (Å²) in [6.45, 7) is -0.250. The average Bonchev–Trinajstić information content (AvgIpc) is 3.35. The molecule has 1 fully saturated rings. The van der Waals surface area contributed by atoms with Gasteiger partial charge in [-0.25, -0.2) is 4.39 Å². The van der Waals surface area contributed by atoms with Gasteiger partial charge in [-0.15, -0.1) is 0 Å². The van der Waals surface area contributed by atoms with E-state index in [1.165, 1.54) is 0 Å². The number of aromatic amines is 1. The molecule has 34 heavy (non-hydrogen) atoms. The van der Waals surface area contributed by atoms with Crippen molar-refractivity contribution in [2.75, 3.05) is 5.32 Å². The SMILES string of the molecule is O=C(Nc1ccc(C(F)(F)F)cc1F)C1CCCC(c2ccc(-c3ccn[nH]3)cc2)C1.O=CO. The summed E-state index contributed by atoms with van der Waals surface area (Å²) in [5.74, 6) is -1.59. The molecule has 3 aromatic rings. The molecule has 1 aromatic heterocycles. The molecular formula is C24H23F4N3O3. The summed E-state index contributed by atoms with van der Waals surface area (Å²) in [7, 11) is 0. The van der Waals surface area contributed by atoms with E-state index >= 15 is 0 Å². The van der Waals surface area contributed by atoms with E-state index in [-0.39, 0.29) is 29.9 Å². The Morgan fingerprint density at radius 1 is 1.12 bits per heavy atom. The number of anilines is 1. The molecule has 1 aliphatic carbocycles. The van der Waals surface area contributed by atoms with Crippen LogP contribution in [0.2, 0.25) is 0 Å². The Morgan fingerprint density at radius 3 is 2.41 bits per heavy atom. The van der Waals surface area contributed by atoms with Crippen molar-refractivity contribution in [3.8, 4) is 11.3 Å². The molecule has 2 unspecified atom stereocenters. The number of nitrogens with zero attached hydrogens (tertiary/aromatic N) is 1. The van der Waals surface area contributed by atoms with E-state index in [2.05, 4.69) is 15.5 Å². The monoisotopic (exact) mass is 477 g/mol. The van der Waals surface area contributed by atoms with Gasteiger partial charge in [0, 0.05) is 12.1 Å². The number of H-pyrrole nitrogens is 1. The van der Waals surface area contributed by atoms with E-state index in [0.29, 0.717) is 18.9 Å². The molecule has 0 bridgehead atoms. The van der Waals surface area contributed by atoms with Crippen LogP contribution < -0.4 is 5.32 Å². The van der Waals surface area contributed by atoms with Crippen LogP contribution in [0.4, 0.5) is 23.2 Å².